The van der Waals surface area contributed by atoms with E-state index in [4.69, 9.17) is 10.5 Å². The van der Waals surface area contributed by atoms with Gasteiger partial charge in [-0.3, -0.25) is 4.68 Å². The number of nitrogens with two attached hydrogens (primary N) is 1. The first-order valence-corrected chi connectivity index (χ1v) is 5.67. The molecule has 18 heavy (non-hydrogen) atoms. The van der Waals surface area contributed by atoms with Gasteiger partial charge >= 0.3 is 0 Å². The number of benzene rings is 1. The van der Waals surface area contributed by atoms with Gasteiger partial charge in [0.15, 0.2) is 0 Å². The van der Waals surface area contributed by atoms with Gasteiger partial charge in [-0.05, 0) is 36.2 Å². The van der Waals surface area contributed by atoms with Crippen molar-refractivity contribution in [1.29, 1.82) is 0 Å². The second kappa shape index (κ2) is 6.42. The van der Waals surface area contributed by atoms with Crippen molar-refractivity contribution < 1.29 is 4.74 Å². The molecule has 0 aliphatic heterocycles. The summed E-state index contributed by atoms with van der Waals surface area (Å²) in [6.45, 7) is 3.44. The highest BCUT2D eigenvalue weighted by Crippen LogP contribution is 2.25. The summed E-state index contributed by atoms with van der Waals surface area (Å²) in [7, 11) is 1.66. The monoisotopic (exact) mass is 267 g/mol. The minimum absolute atomic E-state index is 0. The third-order valence-electron chi connectivity index (χ3n) is 2.73. The van der Waals surface area contributed by atoms with Gasteiger partial charge < -0.3 is 10.5 Å². The summed E-state index contributed by atoms with van der Waals surface area (Å²) < 4.78 is 7.17. The van der Waals surface area contributed by atoms with Crippen molar-refractivity contribution in [3.63, 3.8) is 0 Å². The lowest BCUT2D eigenvalue weighted by Gasteiger charge is -2.06. The summed E-state index contributed by atoms with van der Waals surface area (Å²) in [5.41, 5.74) is 8.91. The van der Waals surface area contributed by atoms with Crippen molar-refractivity contribution in [2.24, 2.45) is 5.73 Å². The van der Waals surface area contributed by atoms with Crippen molar-refractivity contribution in [1.82, 2.24) is 9.78 Å². The number of ether oxygens (including phenoxy) is 1. The first kappa shape index (κ1) is 14.5. The van der Waals surface area contributed by atoms with E-state index in [9.17, 15) is 0 Å². The highest BCUT2D eigenvalue weighted by Gasteiger charge is 2.05. The Hall–Kier alpha value is -1.52. The number of halogens is 1. The van der Waals surface area contributed by atoms with Crippen LogP contribution in [0, 0.1) is 0 Å². The molecule has 0 saturated carbocycles. The first-order valence-electron chi connectivity index (χ1n) is 5.67. The minimum Gasteiger partial charge on any atom is -0.497 e. The van der Waals surface area contributed by atoms with Gasteiger partial charge in [0.2, 0.25) is 0 Å². The van der Waals surface area contributed by atoms with Crippen molar-refractivity contribution in [2.45, 2.75) is 20.0 Å². The molecule has 0 saturated heterocycles. The lowest BCUT2D eigenvalue weighted by molar-refractivity contribution is 0.414. The molecule has 5 heteroatoms. The van der Waals surface area contributed by atoms with Crippen LogP contribution in [0.5, 0.6) is 5.75 Å². The van der Waals surface area contributed by atoms with E-state index in [0.717, 1.165) is 29.0 Å². The van der Waals surface area contributed by atoms with Gasteiger partial charge in [-0.2, -0.15) is 5.10 Å². The Kier molecular flexibility index (Phi) is 5.19. The highest BCUT2D eigenvalue weighted by molar-refractivity contribution is 5.85. The fraction of sp³-hybridized carbons (Fsp3) is 0.308. The summed E-state index contributed by atoms with van der Waals surface area (Å²) in [6.07, 6.45) is 3.88. The number of hydrogen-bond donors (Lipinski definition) is 1. The van der Waals surface area contributed by atoms with Crippen LogP contribution in [-0.4, -0.2) is 16.9 Å². The molecule has 98 valence electrons. The van der Waals surface area contributed by atoms with Crippen LogP contribution in [0.25, 0.3) is 11.1 Å². The molecule has 1 heterocycles. The molecule has 0 unspecified atom stereocenters. The predicted molar refractivity (Wildman–Crippen MR) is 75.0 cm³/mol. The number of nitrogens with zero attached hydrogens (tertiary/aromatic N) is 2. The number of aromatic nitrogens is 2. The van der Waals surface area contributed by atoms with E-state index >= 15 is 0 Å². The van der Waals surface area contributed by atoms with E-state index < -0.39 is 0 Å². The third kappa shape index (κ3) is 3.03. The smallest absolute Gasteiger partial charge is 0.119 e. The van der Waals surface area contributed by atoms with Gasteiger partial charge in [0.25, 0.3) is 0 Å². The van der Waals surface area contributed by atoms with Crippen LogP contribution in [0.3, 0.4) is 0 Å². The molecule has 0 atom stereocenters. The van der Waals surface area contributed by atoms with E-state index in [0.29, 0.717) is 6.54 Å². The summed E-state index contributed by atoms with van der Waals surface area (Å²) in [4.78, 5) is 0. The largest absolute Gasteiger partial charge is 0.497 e. The maximum Gasteiger partial charge on any atom is 0.119 e. The first-order chi connectivity index (χ1) is 8.26. The Morgan fingerprint density at radius 3 is 2.61 bits per heavy atom. The van der Waals surface area contributed by atoms with Crippen LogP contribution in [-0.2, 0) is 13.1 Å². The summed E-state index contributed by atoms with van der Waals surface area (Å²) in [6, 6.07) is 6.02. The maximum atomic E-state index is 5.68. The van der Waals surface area contributed by atoms with Crippen LogP contribution >= 0.6 is 12.4 Å². The zero-order valence-electron chi connectivity index (χ0n) is 10.6. The highest BCUT2D eigenvalue weighted by atomic mass is 35.5. The zero-order chi connectivity index (χ0) is 12.3. The molecule has 0 amide bonds. The second-order valence-electron chi connectivity index (χ2n) is 3.86. The van der Waals surface area contributed by atoms with Crippen molar-refractivity contribution >= 4 is 12.4 Å². The van der Waals surface area contributed by atoms with Gasteiger partial charge in [-0.25, -0.2) is 0 Å². The van der Waals surface area contributed by atoms with Crippen molar-refractivity contribution in [2.75, 3.05) is 7.11 Å². The fourth-order valence-corrected chi connectivity index (χ4v) is 1.75. The Balaban J connectivity index is 0.00000162. The van der Waals surface area contributed by atoms with Crippen LogP contribution in [0.2, 0.25) is 0 Å². The Bertz CT molecular complexity index is 488. The molecule has 0 spiro atoms. The lowest BCUT2D eigenvalue weighted by atomic mass is 10.1. The van der Waals surface area contributed by atoms with Crippen LogP contribution < -0.4 is 10.5 Å². The molecule has 0 radical (unpaired) electrons. The molecule has 1 aromatic heterocycles. The molecule has 0 fully saturated rings. The quantitative estimate of drug-likeness (QED) is 0.926. The van der Waals surface area contributed by atoms with Crippen molar-refractivity contribution in [3.8, 4) is 16.9 Å². The molecular formula is C13H18ClN3O. The van der Waals surface area contributed by atoms with E-state index in [1.165, 1.54) is 0 Å². The minimum atomic E-state index is 0. The molecular weight excluding hydrogens is 250 g/mol. The number of methoxy groups -OCH3 is 1. The van der Waals surface area contributed by atoms with E-state index in [2.05, 4.69) is 18.1 Å². The predicted octanol–water partition coefficient (Wildman–Crippen LogP) is 2.46. The molecule has 1 aromatic carbocycles. The maximum absolute atomic E-state index is 5.68. The van der Waals surface area contributed by atoms with Gasteiger partial charge in [-0.15, -0.1) is 12.4 Å². The average molecular weight is 268 g/mol. The summed E-state index contributed by atoms with van der Waals surface area (Å²) in [5.74, 6) is 0.826. The third-order valence-corrected chi connectivity index (χ3v) is 2.73. The summed E-state index contributed by atoms with van der Waals surface area (Å²) >= 11 is 0. The van der Waals surface area contributed by atoms with Gasteiger partial charge in [0.1, 0.15) is 5.75 Å². The normalized spacial score (nSPS) is 9.94. The Morgan fingerprint density at radius 1 is 1.28 bits per heavy atom. The van der Waals surface area contributed by atoms with Crippen LogP contribution in [0.15, 0.2) is 30.6 Å². The number of aryl methyl sites for hydroxylation is 1. The molecule has 2 rings (SSSR count). The van der Waals surface area contributed by atoms with E-state index in [1.807, 2.05) is 29.2 Å². The Labute approximate surface area is 113 Å². The number of rotatable bonds is 4. The summed E-state index contributed by atoms with van der Waals surface area (Å²) in [5, 5.41) is 4.27. The van der Waals surface area contributed by atoms with Gasteiger partial charge in [0.05, 0.1) is 13.3 Å². The topological polar surface area (TPSA) is 53.1 Å². The molecule has 2 aromatic rings. The van der Waals surface area contributed by atoms with Crippen LogP contribution in [0.4, 0.5) is 0 Å². The zero-order valence-corrected chi connectivity index (χ0v) is 11.4. The van der Waals surface area contributed by atoms with Crippen LogP contribution in [0.1, 0.15) is 12.5 Å². The molecule has 0 bridgehead atoms. The Morgan fingerprint density at radius 2 is 2.06 bits per heavy atom. The van der Waals surface area contributed by atoms with E-state index in [1.54, 1.807) is 7.11 Å². The second-order valence-corrected chi connectivity index (χ2v) is 3.86. The fourth-order valence-electron chi connectivity index (χ4n) is 1.75. The van der Waals surface area contributed by atoms with Crippen molar-refractivity contribution in [3.05, 3.63) is 36.2 Å². The molecule has 0 aliphatic rings. The van der Waals surface area contributed by atoms with E-state index in [-0.39, 0.29) is 12.4 Å². The van der Waals surface area contributed by atoms with Gasteiger partial charge in [-0.1, -0.05) is 0 Å². The van der Waals surface area contributed by atoms with Gasteiger partial charge in [0, 0.05) is 24.8 Å². The lowest BCUT2D eigenvalue weighted by Crippen LogP contribution is -1.97. The molecule has 0 aliphatic carbocycles. The average Bonchev–Trinajstić information content (AvgIpc) is 2.86. The SMILES string of the molecule is CCn1cc(-c2cc(CN)cc(OC)c2)cn1.Cl. The standard InChI is InChI=1S/C13H17N3O.ClH/c1-3-16-9-12(8-15-16)11-4-10(7-14)5-13(6-11)17-2;/h4-6,8-9H,3,7,14H2,1-2H3;1H. The molecule has 4 nitrogen and oxygen atoms in total. The number of hydrogen-bond acceptors (Lipinski definition) is 3. The molecule has 2 N–H and O–H groups in total.